The van der Waals surface area contributed by atoms with E-state index in [4.69, 9.17) is 15.2 Å². The lowest BCUT2D eigenvalue weighted by molar-refractivity contribution is 0.0723. The number of benzene rings is 1. The van der Waals surface area contributed by atoms with Crippen molar-refractivity contribution in [2.75, 3.05) is 31.8 Å². The Morgan fingerprint density at radius 3 is 2.68 bits per heavy atom. The van der Waals surface area contributed by atoms with Crippen molar-refractivity contribution < 1.29 is 17.9 Å². The molecular weight excluding hydrogens is 266 g/mol. The zero-order chi connectivity index (χ0) is 13.9. The minimum atomic E-state index is -3.36. The van der Waals surface area contributed by atoms with E-state index in [1.807, 2.05) is 0 Å². The fourth-order valence-electron chi connectivity index (χ4n) is 2.25. The summed E-state index contributed by atoms with van der Waals surface area (Å²) in [6.07, 6.45) is 1.58. The van der Waals surface area contributed by atoms with Gasteiger partial charge in [0.15, 0.2) is 9.84 Å². The second-order valence-electron chi connectivity index (χ2n) is 4.75. The smallest absolute Gasteiger partial charge is 0.182 e. The number of nitrogens with two attached hydrogens (primary N) is 1. The van der Waals surface area contributed by atoms with Gasteiger partial charge >= 0.3 is 0 Å². The van der Waals surface area contributed by atoms with Crippen molar-refractivity contribution >= 4 is 15.5 Å². The molecule has 1 saturated heterocycles. The standard InChI is InChI=1S/C13H19NO4S/c1-17-12-8-11(14)2-3-13(12)19(15,16)9-10-4-6-18-7-5-10/h2-3,8,10H,4-7,9,14H2,1H3. The molecule has 5 nitrogen and oxygen atoms in total. The van der Waals surface area contributed by atoms with Crippen LogP contribution in [0.4, 0.5) is 5.69 Å². The number of ether oxygens (including phenoxy) is 2. The minimum Gasteiger partial charge on any atom is -0.495 e. The summed E-state index contributed by atoms with van der Waals surface area (Å²) in [7, 11) is -1.91. The summed E-state index contributed by atoms with van der Waals surface area (Å²) in [6, 6.07) is 4.64. The molecule has 19 heavy (non-hydrogen) atoms. The fourth-order valence-corrected chi connectivity index (χ4v) is 4.11. The molecule has 106 valence electrons. The molecule has 1 aliphatic heterocycles. The highest BCUT2D eigenvalue weighted by atomic mass is 32.2. The van der Waals surface area contributed by atoms with Gasteiger partial charge in [-0.15, -0.1) is 0 Å². The van der Waals surface area contributed by atoms with E-state index in [1.54, 1.807) is 6.07 Å². The predicted molar refractivity (Wildman–Crippen MR) is 73.0 cm³/mol. The van der Waals surface area contributed by atoms with E-state index < -0.39 is 9.84 Å². The Bertz CT molecular complexity index is 536. The normalized spacial score (nSPS) is 17.3. The van der Waals surface area contributed by atoms with Crippen LogP contribution in [0.15, 0.2) is 23.1 Å². The first-order chi connectivity index (χ1) is 9.03. The number of nitrogen functional groups attached to an aromatic ring is 1. The molecule has 0 bridgehead atoms. The molecule has 0 spiro atoms. The molecule has 0 aromatic heterocycles. The molecule has 1 aromatic rings. The largest absolute Gasteiger partial charge is 0.495 e. The molecular formula is C13H19NO4S. The zero-order valence-electron chi connectivity index (χ0n) is 11.0. The molecule has 0 radical (unpaired) electrons. The van der Waals surface area contributed by atoms with E-state index >= 15 is 0 Å². The third kappa shape index (κ3) is 3.39. The summed E-state index contributed by atoms with van der Waals surface area (Å²) in [5.74, 6) is 0.601. The lowest BCUT2D eigenvalue weighted by Gasteiger charge is -2.22. The van der Waals surface area contributed by atoms with Gasteiger partial charge in [-0.3, -0.25) is 0 Å². The van der Waals surface area contributed by atoms with Gasteiger partial charge in [-0.25, -0.2) is 8.42 Å². The first-order valence-electron chi connectivity index (χ1n) is 6.27. The summed E-state index contributed by atoms with van der Waals surface area (Å²) in [4.78, 5) is 0.218. The van der Waals surface area contributed by atoms with E-state index in [1.165, 1.54) is 19.2 Å². The van der Waals surface area contributed by atoms with Gasteiger partial charge in [0.25, 0.3) is 0 Å². The third-order valence-electron chi connectivity index (χ3n) is 3.32. The Labute approximate surface area is 113 Å². The summed E-state index contributed by atoms with van der Waals surface area (Å²) >= 11 is 0. The SMILES string of the molecule is COc1cc(N)ccc1S(=O)(=O)CC1CCOCC1. The quantitative estimate of drug-likeness (QED) is 0.848. The van der Waals surface area contributed by atoms with Gasteiger partial charge in [0.2, 0.25) is 0 Å². The second-order valence-corrected chi connectivity index (χ2v) is 6.75. The van der Waals surface area contributed by atoms with Crippen molar-refractivity contribution in [3.8, 4) is 5.75 Å². The van der Waals surface area contributed by atoms with Crippen LogP contribution in [0.2, 0.25) is 0 Å². The maximum atomic E-state index is 12.4. The monoisotopic (exact) mass is 285 g/mol. The molecule has 1 aliphatic rings. The van der Waals surface area contributed by atoms with Gasteiger partial charge in [0.1, 0.15) is 10.6 Å². The predicted octanol–water partition coefficient (Wildman–Crippen LogP) is 1.48. The van der Waals surface area contributed by atoms with Crippen molar-refractivity contribution in [2.24, 2.45) is 5.92 Å². The number of sulfone groups is 1. The number of anilines is 1. The van der Waals surface area contributed by atoms with E-state index in [0.717, 1.165) is 12.8 Å². The van der Waals surface area contributed by atoms with Crippen molar-refractivity contribution in [3.05, 3.63) is 18.2 Å². The lowest BCUT2D eigenvalue weighted by atomic mass is 10.0. The molecule has 1 aromatic carbocycles. The average molecular weight is 285 g/mol. The van der Waals surface area contributed by atoms with Crippen LogP contribution in [0.5, 0.6) is 5.75 Å². The summed E-state index contributed by atoms with van der Waals surface area (Å²) in [5.41, 5.74) is 6.13. The molecule has 0 unspecified atom stereocenters. The maximum absolute atomic E-state index is 12.4. The van der Waals surface area contributed by atoms with E-state index in [0.29, 0.717) is 24.7 Å². The number of hydrogen-bond donors (Lipinski definition) is 1. The van der Waals surface area contributed by atoms with Crippen LogP contribution in [-0.4, -0.2) is 34.5 Å². The topological polar surface area (TPSA) is 78.6 Å². The maximum Gasteiger partial charge on any atom is 0.182 e. The molecule has 1 fully saturated rings. The van der Waals surface area contributed by atoms with Gasteiger partial charge in [-0.1, -0.05) is 0 Å². The molecule has 2 N–H and O–H groups in total. The second kappa shape index (κ2) is 5.79. The number of hydrogen-bond acceptors (Lipinski definition) is 5. The molecule has 2 rings (SSSR count). The summed E-state index contributed by atoms with van der Waals surface area (Å²) in [6.45, 7) is 1.28. The molecule has 0 aliphatic carbocycles. The van der Waals surface area contributed by atoms with Crippen molar-refractivity contribution in [3.63, 3.8) is 0 Å². The average Bonchev–Trinajstić information content (AvgIpc) is 2.38. The highest BCUT2D eigenvalue weighted by molar-refractivity contribution is 7.91. The Morgan fingerprint density at radius 1 is 1.37 bits per heavy atom. The molecule has 0 amide bonds. The minimum absolute atomic E-state index is 0.136. The van der Waals surface area contributed by atoms with Gasteiger partial charge < -0.3 is 15.2 Å². The Balaban J connectivity index is 2.23. The lowest BCUT2D eigenvalue weighted by Crippen LogP contribution is -2.23. The molecule has 0 atom stereocenters. The van der Waals surface area contributed by atoms with Gasteiger partial charge in [0.05, 0.1) is 12.9 Å². The van der Waals surface area contributed by atoms with E-state index in [-0.39, 0.29) is 16.6 Å². The van der Waals surface area contributed by atoms with Gasteiger partial charge in [0, 0.05) is 25.0 Å². The molecule has 1 heterocycles. The fraction of sp³-hybridized carbons (Fsp3) is 0.538. The Hall–Kier alpha value is -1.27. The first kappa shape index (κ1) is 14.1. The van der Waals surface area contributed by atoms with Gasteiger partial charge in [-0.05, 0) is 30.9 Å². The highest BCUT2D eigenvalue weighted by Crippen LogP contribution is 2.29. The Kier molecular flexibility index (Phi) is 4.31. The molecule has 0 saturated carbocycles. The van der Waals surface area contributed by atoms with Crippen molar-refractivity contribution in [1.29, 1.82) is 0 Å². The van der Waals surface area contributed by atoms with Crippen LogP contribution in [-0.2, 0) is 14.6 Å². The number of rotatable bonds is 4. The van der Waals surface area contributed by atoms with E-state index in [9.17, 15) is 8.42 Å². The Morgan fingerprint density at radius 2 is 2.05 bits per heavy atom. The number of methoxy groups -OCH3 is 1. The van der Waals surface area contributed by atoms with Gasteiger partial charge in [-0.2, -0.15) is 0 Å². The van der Waals surface area contributed by atoms with Crippen molar-refractivity contribution in [1.82, 2.24) is 0 Å². The van der Waals surface area contributed by atoms with Crippen molar-refractivity contribution in [2.45, 2.75) is 17.7 Å². The van der Waals surface area contributed by atoms with Crippen LogP contribution in [0.3, 0.4) is 0 Å². The van der Waals surface area contributed by atoms with Crippen LogP contribution in [0.25, 0.3) is 0 Å². The first-order valence-corrected chi connectivity index (χ1v) is 7.92. The molecule has 6 heteroatoms. The zero-order valence-corrected chi connectivity index (χ0v) is 11.8. The summed E-state index contributed by atoms with van der Waals surface area (Å²) in [5, 5.41) is 0. The van der Waals surface area contributed by atoms with Crippen LogP contribution < -0.4 is 10.5 Å². The van der Waals surface area contributed by atoms with E-state index in [2.05, 4.69) is 0 Å². The highest BCUT2D eigenvalue weighted by Gasteiger charge is 2.25. The van der Waals surface area contributed by atoms with Crippen LogP contribution >= 0.6 is 0 Å². The summed E-state index contributed by atoms with van der Waals surface area (Å²) < 4.78 is 35.2. The van der Waals surface area contributed by atoms with Crippen LogP contribution in [0.1, 0.15) is 12.8 Å². The third-order valence-corrected chi connectivity index (χ3v) is 5.24. The van der Waals surface area contributed by atoms with Crippen LogP contribution in [0, 0.1) is 5.92 Å².